The lowest BCUT2D eigenvalue weighted by atomic mass is 10.1. The van der Waals surface area contributed by atoms with Crippen LogP contribution in [0.4, 0.5) is 0 Å². The summed E-state index contributed by atoms with van der Waals surface area (Å²) in [6, 6.07) is 16.0. The molecule has 0 heterocycles. The Balaban J connectivity index is 1.83. The molecule has 0 spiro atoms. The Labute approximate surface area is 144 Å². The first-order valence-corrected chi connectivity index (χ1v) is 8.41. The maximum absolute atomic E-state index is 11.9. The van der Waals surface area contributed by atoms with Crippen LogP contribution in [0.3, 0.4) is 0 Å². The zero-order chi connectivity index (χ0) is 17.2. The Kier molecular flexibility index (Phi) is 7.30. The van der Waals surface area contributed by atoms with Crippen LogP contribution < -0.4 is 15.8 Å². The summed E-state index contributed by atoms with van der Waals surface area (Å²) in [7, 11) is 0. The molecule has 0 radical (unpaired) electrons. The van der Waals surface area contributed by atoms with E-state index in [1.54, 1.807) is 0 Å². The summed E-state index contributed by atoms with van der Waals surface area (Å²) in [5.41, 5.74) is 8.75. The summed E-state index contributed by atoms with van der Waals surface area (Å²) in [4.78, 5) is 11.9. The highest BCUT2D eigenvalue weighted by Gasteiger charge is 2.04. The maximum Gasteiger partial charge on any atom is 0.224 e. The first-order valence-electron chi connectivity index (χ1n) is 8.41. The predicted octanol–water partition coefficient (Wildman–Crippen LogP) is 2.97. The number of aryl methyl sites for hydroxylation is 1. The Morgan fingerprint density at radius 2 is 1.88 bits per heavy atom. The van der Waals surface area contributed by atoms with E-state index in [2.05, 4.69) is 24.4 Å². The highest BCUT2D eigenvalue weighted by atomic mass is 16.5. The van der Waals surface area contributed by atoms with Crippen molar-refractivity contribution in [1.29, 1.82) is 0 Å². The second-order valence-corrected chi connectivity index (χ2v) is 5.95. The van der Waals surface area contributed by atoms with Crippen molar-refractivity contribution in [3.63, 3.8) is 0 Å². The molecule has 0 aromatic heterocycles. The Hall–Kier alpha value is -2.33. The smallest absolute Gasteiger partial charge is 0.224 e. The van der Waals surface area contributed by atoms with E-state index in [4.69, 9.17) is 10.5 Å². The standard InChI is InChI=1S/C20H26N2O2/c1-16-6-4-8-18(12-16)15-24-19-9-5-7-17(13-19)14-20(23)22-11-3-2-10-21/h4-9,12-13H,2-3,10-11,14-15,21H2,1H3,(H,22,23). The van der Waals surface area contributed by atoms with Crippen LogP contribution in [0.25, 0.3) is 0 Å². The molecule has 3 N–H and O–H groups in total. The molecule has 0 bridgehead atoms. The van der Waals surface area contributed by atoms with Crippen molar-refractivity contribution in [2.45, 2.75) is 32.8 Å². The number of nitrogens with two attached hydrogens (primary N) is 1. The van der Waals surface area contributed by atoms with E-state index in [0.29, 0.717) is 26.1 Å². The molecule has 4 heteroatoms. The van der Waals surface area contributed by atoms with E-state index in [0.717, 1.165) is 29.7 Å². The third-order valence-corrected chi connectivity index (χ3v) is 3.70. The van der Waals surface area contributed by atoms with Gasteiger partial charge in [-0.25, -0.2) is 0 Å². The van der Waals surface area contributed by atoms with Crippen LogP contribution in [-0.4, -0.2) is 19.0 Å². The summed E-state index contributed by atoms with van der Waals surface area (Å²) in [6.07, 6.45) is 2.22. The lowest BCUT2D eigenvalue weighted by Crippen LogP contribution is -2.26. The largest absolute Gasteiger partial charge is 0.489 e. The average molecular weight is 326 g/mol. The van der Waals surface area contributed by atoms with Crippen molar-refractivity contribution >= 4 is 5.91 Å². The van der Waals surface area contributed by atoms with Gasteiger partial charge in [-0.1, -0.05) is 42.0 Å². The summed E-state index contributed by atoms with van der Waals surface area (Å²) >= 11 is 0. The zero-order valence-corrected chi connectivity index (χ0v) is 14.3. The second-order valence-electron chi connectivity index (χ2n) is 5.95. The fourth-order valence-corrected chi connectivity index (χ4v) is 2.46. The van der Waals surface area contributed by atoms with Crippen molar-refractivity contribution < 1.29 is 9.53 Å². The number of nitrogens with one attached hydrogen (secondary N) is 1. The van der Waals surface area contributed by atoms with Crippen molar-refractivity contribution in [3.8, 4) is 5.75 Å². The normalized spacial score (nSPS) is 10.4. The summed E-state index contributed by atoms with van der Waals surface area (Å²) in [6.45, 7) is 3.93. The number of rotatable bonds is 9. The van der Waals surface area contributed by atoms with Gasteiger partial charge in [0.05, 0.1) is 6.42 Å². The fraction of sp³-hybridized carbons (Fsp3) is 0.350. The van der Waals surface area contributed by atoms with E-state index in [-0.39, 0.29) is 5.91 Å². The van der Waals surface area contributed by atoms with Gasteiger partial charge in [-0.15, -0.1) is 0 Å². The molecular formula is C20H26N2O2. The minimum atomic E-state index is 0.0304. The lowest BCUT2D eigenvalue weighted by molar-refractivity contribution is -0.120. The number of benzene rings is 2. The van der Waals surface area contributed by atoms with Crippen LogP contribution in [0.15, 0.2) is 48.5 Å². The van der Waals surface area contributed by atoms with Gasteiger partial charge in [0.1, 0.15) is 12.4 Å². The van der Waals surface area contributed by atoms with Crippen LogP contribution >= 0.6 is 0 Å². The van der Waals surface area contributed by atoms with E-state index in [1.165, 1.54) is 5.56 Å². The van der Waals surface area contributed by atoms with Crippen LogP contribution in [-0.2, 0) is 17.8 Å². The van der Waals surface area contributed by atoms with Gasteiger partial charge in [0.15, 0.2) is 0 Å². The second kappa shape index (κ2) is 9.73. The number of carbonyl (C=O) groups is 1. The monoisotopic (exact) mass is 326 g/mol. The lowest BCUT2D eigenvalue weighted by Gasteiger charge is -2.09. The van der Waals surface area contributed by atoms with Crippen LogP contribution in [0.2, 0.25) is 0 Å². The molecule has 128 valence electrons. The predicted molar refractivity (Wildman–Crippen MR) is 97.0 cm³/mol. The third kappa shape index (κ3) is 6.42. The van der Waals surface area contributed by atoms with Crippen LogP contribution in [0.5, 0.6) is 5.75 Å². The van der Waals surface area contributed by atoms with Gasteiger partial charge in [-0.2, -0.15) is 0 Å². The van der Waals surface area contributed by atoms with Crippen LogP contribution in [0, 0.1) is 6.92 Å². The number of ether oxygens (including phenoxy) is 1. The molecule has 2 rings (SSSR count). The molecule has 0 atom stereocenters. The highest BCUT2D eigenvalue weighted by Crippen LogP contribution is 2.16. The van der Waals surface area contributed by atoms with E-state index in [9.17, 15) is 4.79 Å². The Bertz CT molecular complexity index is 656. The molecule has 0 aliphatic carbocycles. The average Bonchev–Trinajstić information content (AvgIpc) is 2.57. The van der Waals surface area contributed by atoms with Gasteiger partial charge < -0.3 is 15.8 Å². The number of carbonyl (C=O) groups excluding carboxylic acids is 1. The molecule has 0 saturated carbocycles. The fourth-order valence-electron chi connectivity index (χ4n) is 2.46. The number of unbranched alkanes of at least 4 members (excludes halogenated alkanes) is 1. The van der Waals surface area contributed by atoms with Gasteiger partial charge in [0.2, 0.25) is 5.91 Å². The topological polar surface area (TPSA) is 64.3 Å². The van der Waals surface area contributed by atoms with Gasteiger partial charge in [0, 0.05) is 6.54 Å². The first kappa shape index (κ1) is 18.0. The molecule has 0 saturated heterocycles. The van der Waals surface area contributed by atoms with Gasteiger partial charge >= 0.3 is 0 Å². The molecule has 0 aliphatic heterocycles. The van der Waals surface area contributed by atoms with E-state index < -0.39 is 0 Å². The first-order chi connectivity index (χ1) is 11.7. The molecule has 2 aromatic carbocycles. The van der Waals surface area contributed by atoms with E-state index >= 15 is 0 Å². The van der Waals surface area contributed by atoms with Gasteiger partial charge in [0.25, 0.3) is 0 Å². The maximum atomic E-state index is 11.9. The molecule has 0 fully saturated rings. The van der Waals surface area contributed by atoms with Crippen molar-refractivity contribution in [2.75, 3.05) is 13.1 Å². The summed E-state index contributed by atoms with van der Waals surface area (Å²) in [5.74, 6) is 0.813. The van der Waals surface area contributed by atoms with Gasteiger partial charge in [-0.3, -0.25) is 4.79 Å². The minimum absolute atomic E-state index is 0.0304. The summed E-state index contributed by atoms with van der Waals surface area (Å²) in [5, 5.41) is 2.91. The SMILES string of the molecule is Cc1cccc(COc2cccc(CC(=O)NCCCCN)c2)c1. The quantitative estimate of drug-likeness (QED) is 0.696. The number of amides is 1. The van der Waals surface area contributed by atoms with Crippen molar-refractivity contribution in [1.82, 2.24) is 5.32 Å². The highest BCUT2D eigenvalue weighted by molar-refractivity contribution is 5.78. The Morgan fingerprint density at radius 1 is 1.08 bits per heavy atom. The van der Waals surface area contributed by atoms with Crippen molar-refractivity contribution in [2.24, 2.45) is 5.73 Å². The molecule has 24 heavy (non-hydrogen) atoms. The molecule has 0 aliphatic rings. The summed E-state index contributed by atoms with van der Waals surface area (Å²) < 4.78 is 5.84. The molecule has 2 aromatic rings. The Morgan fingerprint density at radius 3 is 2.67 bits per heavy atom. The molecule has 4 nitrogen and oxygen atoms in total. The minimum Gasteiger partial charge on any atom is -0.489 e. The van der Waals surface area contributed by atoms with Gasteiger partial charge in [-0.05, 0) is 49.6 Å². The zero-order valence-electron chi connectivity index (χ0n) is 14.3. The van der Waals surface area contributed by atoms with E-state index in [1.807, 2.05) is 36.4 Å². The van der Waals surface area contributed by atoms with Crippen LogP contribution in [0.1, 0.15) is 29.5 Å². The number of hydrogen-bond donors (Lipinski definition) is 2. The molecule has 0 unspecified atom stereocenters. The van der Waals surface area contributed by atoms with Crippen molar-refractivity contribution in [3.05, 3.63) is 65.2 Å². The number of hydrogen-bond acceptors (Lipinski definition) is 3. The third-order valence-electron chi connectivity index (χ3n) is 3.70. The molecule has 1 amide bonds. The molecular weight excluding hydrogens is 300 g/mol.